The standard InChI is InChI=1S/C13H16N2O2/c1-9(7-14)8-15(3)13(17)11-4-5-12(16)10(2)6-11/h4-6,9,16H,8H2,1-3H3. The molecule has 90 valence electrons. The van der Waals surface area contributed by atoms with E-state index >= 15 is 0 Å². The van der Waals surface area contributed by atoms with Crippen molar-refractivity contribution in [3.63, 3.8) is 0 Å². The van der Waals surface area contributed by atoms with Crippen molar-refractivity contribution in [3.05, 3.63) is 29.3 Å². The van der Waals surface area contributed by atoms with E-state index in [1.807, 2.05) is 0 Å². The largest absolute Gasteiger partial charge is 0.508 e. The van der Waals surface area contributed by atoms with Gasteiger partial charge in [0, 0.05) is 19.2 Å². The first kappa shape index (κ1) is 13.0. The van der Waals surface area contributed by atoms with Gasteiger partial charge in [0.2, 0.25) is 0 Å². The number of amides is 1. The quantitative estimate of drug-likeness (QED) is 0.866. The summed E-state index contributed by atoms with van der Waals surface area (Å²) in [5, 5.41) is 18.1. The van der Waals surface area contributed by atoms with Gasteiger partial charge in [-0.25, -0.2) is 0 Å². The first-order valence-electron chi connectivity index (χ1n) is 5.40. The molecule has 1 amide bonds. The maximum absolute atomic E-state index is 12.0. The van der Waals surface area contributed by atoms with E-state index in [0.717, 1.165) is 0 Å². The number of rotatable bonds is 3. The predicted octanol–water partition coefficient (Wildman–Crippen LogP) is 1.93. The number of aryl methyl sites for hydroxylation is 1. The molecule has 0 radical (unpaired) electrons. The summed E-state index contributed by atoms with van der Waals surface area (Å²) >= 11 is 0. The van der Waals surface area contributed by atoms with E-state index in [9.17, 15) is 9.90 Å². The molecule has 0 fully saturated rings. The van der Waals surface area contributed by atoms with Crippen LogP contribution >= 0.6 is 0 Å². The maximum atomic E-state index is 12.0. The molecule has 0 saturated carbocycles. The molecule has 1 unspecified atom stereocenters. The molecule has 1 N–H and O–H groups in total. The third kappa shape index (κ3) is 3.22. The molecule has 1 aromatic rings. The number of phenolic OH excluding ortho intramolecular Hbond substituents is 1. The molecule has 1 rings (SSSR count). The van der Waals surface area contributed by atoms with Gasteiger partial charge in [-0.05, 0) is 37.6 Å². The van der Waals surface area contributed by atoms with Crippen LogP contribution in [0, 0.1) is 24.2 Å². The Labute approximate surface area is 101 Å². The number of benzene rings is 1. The minimum Gasteiger partial charge on any atom is -0.508 e. The van der Waals surface area contributed by atoms with Gasteiger partial charge >= 0.3 is 0 Å². The highest BCUT2D eigenvalue weighted by Gasteiger charge is 2.14. The zero-order valence-electron chi connectivity index (χ0n) is 10.3. The van der Waals surface area contributed by atoms with Crippen molar-refractivity contribution in [1.29, 1.82) is 5.26 Å². The lowest BCUT2D eigenvalue weighted by molar-refractivity contribution is 0.0785. The molecule has 0 aliphatic heterocycles. The van der Waals surface area contributed by atoms with Crippen molar-refractivity contribution in [3.8, 4) is 11.8 Å². The molecule has 0 saturated heterocycles. The molecular weight excluding hydrogens is 216 g/mol. The first-order valence-corrected chi connectivity index (χ1v) is 5.40. The van der Waals surface area contributed by atoms with Gasteiger partial charge in [-0.2, -0.15) is 5.26 Å². The Hall–Kier alpha value is -2.02. The number of aromatic hydroxyl groups is 1. The van der Waals surface area contributed by atoms with Crippen LogP contribution < -0.4 is 0 Å². The van der Waals surface area contributed by atoms with Gasteiger partial charge in [0.25, 0.3) is 5.91 Å². The van der Waals surface area contributed by atoms with Crippen LogP contribution in [0.1, 0.15) is 22.8 Å². The minimum absolute atomic E-state index is 0.143. The van der Waals surface area contributed by atoms with Crippen LogP contribution in [0.2, 0.25) is 0 Å². The molecule has 17 heavy (non-hydrogen) atoms. The number of hydrogen-bond donors (Lipinski definition) is 1. The molecule has 4 heteroatoms. The summed E-state index contributed by atoms with van der Waals surface area (Å²) in [5.74, 6) is -0.160. The lowest BCUT2D eigenvalue weighted by Crippen LogP contribution is -2.30. The van der Waals surface area contributed by atoms with Gasteiger partial charge < -0.3 is 10.0 Å². The first-order chi connectivity index (χ1) is 7.95. The van der Waals surface area contributed by atoms with Crippen LogP contribution in [-0.4, -0.2) is 29.5 Å². The summed E-state index contributed by atoms with van der Waals surface area (Å²) in [6.07, 6.45) is 0. The summed E-state index contributed by atoms with van der Waals surface area (Å²) in [4.78, 5) is 13.5. The monoisotopic (exact) mass is 232 g/mol. The van der Waals surface area contributed by atoms with E-state index in [2.05, 4.69) is 6.07 Å². The molecule has 0 aromatic heterocycles. The fourth-order valence-electron chi connectivity index (χ4n) is 1.54. The van der Waals surface area contributed by atoms with Crippen LogP contribution in [-0.2, 0) is 0 Å². The number of nitriles is 1. The van der Waals surface area contributed by atoms with Crippen molar-refractivity contribution >= 4 is 5.91 Å². The number of phenols is 1. The highest BCUT2D eigenvalue weighted by atomic mass is 16.3. The summed E-state index contributed by atoms with van der Waals surface area (Å²) < 4.78 is 0. The molecule has 0 aliphatic carbocycles. The highest BCUT2D eigenvalue weighted by molar-refractivity contribution is 5.94. The zero-order chi connectivity index (χ0) is 13.0. The van der Waals surface area contributed by atoms with Gasteiger partial charge in [-0.1, -0.05) is 0 Å². The Morgan fingerprint density at radius 1 is 1.59 bits per heavy atom. The molecule has 1 aromatic carbocycles. The fraction of sp³-hybridized carbons (Fsp3) is 0.385. The lowest BCUT2D eigenvalue weighted by Gasteiger charge is -2.18. The predicted molar refractivity (Wildman–Crippen MR) is 64.6 cm³/mol. The summed E-state index contributed by atoms with van der Waals surface area (Å²) in [7, 11) is 1.67. The lowest BCUT2D eigenvalue weighted by atomic mass is 10.1. The van der Waals surface area contributed by atoms with Crippen LogP contribution in [0.3, 0.4) is 0 Å². The Bertz CT molecular complexity index is 463. The van der Waals surface area contributed by atoms with E-state index < -0.39 is 0 Å². The van der Waals surface area contributed by atoms with Crippen LogP contribution in [0.4, 0.5) is 0 Å². The third-order valence-electron chi connectivity index (χ3n) is 2.56. The van der Waals surface area contributed by atoms with Crippen molar-refractivity contribution in [2.45, 2.75) is 13.8 Å². The average Bonchev–Trinajstić information content (AvgIpc) is 2.31. The van der Waals surface area contributed by atoms with Gasteiger partial charge in [0.1, 0.15) is 5.75 Å². The Kier molecular flexibility index (Phi) is 4.11. The second-order valence-electron chi connectivity index (χ2n) is 4.22. The highest BCUT2D eigenvalue weighted by Crippen LogP contribution is 2.18. The van der Waals surface area contributed by atoms with Gasteiger partial charge in [0.15, 0.2) is 0 Å². The molecule has 4 nitrogen and oxygen atoms in total. The molecule has 0 aliphatic rings. The number of hydrogen-bond acceptors (Lipinski definition) is 3. The fourth-order valence-corrected chi connectivity index (χ4v) is 1.54. The number of carbonyl (C=O) groups excluding carboxylic acids is 1. The normalized spacial score (nSPS) is 11.6. The van der Waals surface area contributed by atoms with Gasteiger partial charge in [-0.3, -0.25) is 4.79 Å². The second-order valence-corrected chi connectivity index (χ2v) is 4.22. The van der Waals surface area contributed by atoms with E-state index in [-0.39, 0.29) is 17.6 Å². The Morgan fingerprint density at radius 3 is 2.76 bits per heavy atom. The van der Waals surface area contributed by atoms with Crippen LogP contribution in [0.5, 0.6) is 5.75 Å². The maximum Gasteiger partial charge on any atom is 0.253 e. The van der Waals surface area contributed by atoms with Gasteiger partial charge in [0.05, 0.1) is 12.0 Å². The number of carbonyl (C=O) groups is 1. The van der Waals surface area contributed by atoms with Crippen molar-refractivity contribution in [1.82, 2.24) is 4.90 Å². The number of nitrogens with zero attached hydrogens (tertiary/aromatic N) is 2. The van der Waals surface area contributed by atoms with E-state index in [1.54, 1.807) is 33.0 Å². The molecular formula is C13H16N2O2. The molecule has 0 heterocycles. The summed E-state index contributed by atoms with van der Waals surface area (Å²) in [6, 6.07) is 6.82. The van der Waals surface area contributed by atoms with Crippen LogP contribution in [0.15, 0.2) is 18.2 Å². The van der Waals surface area contributed by atoms with Gasteiger partial charge in [-0.15, -0.1) is 0 Å². The van der Waals surface area contributed by atoms with E-state index in [1.165, 1.54) is 11.0 Å². The smallest absolute Gasteiger partial charge is 0.253 e. The minimum atomic E-state index is -0.192. The summed E-state index contributed by atoms with van der Waals surface area (Å²) in [5.41, 5.74) is 1.19. The topological polar surface area (TPSA) is 64.3 Å². The molecule has 0 spiro atoms. The Morgan fingerprint density at radius 2 is 2.24 bits per heavy atom. The van der Waals surface area contributed by atoms with Crippen LogP contribution in [0.25, 0.3) is 0 Å². The Balaban J connectivity index is 2.82. The van der Waals surface area contributed by atoms with Crippen molar-refractivity contribution < 1.29 is 9.90 Å². The zero-order valence-corrected chi connectivity index (χ0v) is 10.3. The van der Waals surface area contributed by atoms with E-state index in [0.29, 0.717) is 17.7 Å². The van der Waals surface area contributed by atoms with Crippen molar-refractivity contribution in [2.75, 3.05) is 13.6 Å². The average molecular weight is 232 g/mol. The summed E-state index contributed by atoms with van der Waals surface area (Å²) in [6.45, 7) is 3.91. The molecule has 1 atom stereocenters. The second kappa shape index (κ2) is 5.35. The van der Waals surface area contributed by atoms with Crippen molar-refractivity contribution in [2.24, 2.45) is 5.92 Å². The van der Waals surface area contributed by atoms with E-state index in [4.69, 9.17) is 5.26 Å². The third-order valence-corrected chi connectivity index (χ3v) is 2.56. The SMILES string of the molecule is Cc1cc(C(=O)N(C)CC(C)C#N)ccc1O. The molecule has 0 bridgehead atoms.